The molecule has 0 saturated carbocycles. The summed E-state index contributed by atoms with van der Waals surface area (Å²) in [6, 6.07) is 3.80. The molecule has 7 heteroatoms. The lowest BCUT2D eigenvalue weighted by atomic mass is 10.1. The van der Waals surface area contributed by atoms with Crippen molar-refractivity contribution in [3.8, 4) is 0 Å². The number of pyridine rings is 1. The number of hydrogen-bond donors (Lipinski definition) is 2. The first-order valence-corrected chi connectivity index (χ1v) is 8.55. The smallest absolute Gasteiger partial charge is 0.315 e. The van der Waals surface area contributed by atoms with Gasteiger partial charge in [0.1, 0.15) is 5.82 Å². The maximum Gasteiger partial charge on any atom is 0.315 e. The van der Waals surface area contributed by atoms with Crippen molar-refractivity contribution >= 4 is 6.03 Å². The first kappa shape index (κ1) is 16.4. The highest BCUT2D eigenvalue weighted by atomic mass is 16.2. The van der Waals surface area contributed by atoms with Crippen LogP contribution in [0.4, 0.5) is 4.79 Å². The SMILES string of the molecule is CCc1nc2n(n1)CCC[C@@H]2NC(=O)NCCc1ccc(C)nc1. The molecule has 3 rings (SSSR count). The third-order valence-electron chi connectivity index (χ3n) is 4.21. The lowest BCUT2D eigenvalue weighted by molar-refractivity contribution is 0.233. The molecule has 1 aliphatic rings. The number of aromatic nitrogens is 4. The number of hydrogen-bond acceptors (Lipinski definition) is 4. The molecule has 3 heterocycles. The highest BCUT2D eigenvalue weighted by Crippen LogP contribution is 2.22. The molecular weight excluding hydrogens is 304 g/mol. The van der Waals surface area contributed by atoms with E-state index in [1.54, 1.807) is 0 Å². The Kier molecular flexibility index (Phi) is 5.08. The van der Waals surface area contributed by atoms with Gasteiger partial charge in [-0.25, -0.2) is 14.5 Å². The second-order valence-electron chi connectivity index (χ2n) is 6.12. The number of nitrogens with one attached hydrogen (secondary N) is 2. The highest BCUT2D eigenvalue weighted by molar-refractivity contribution is 5.74. The van der Waals surface area contributed by atoms with Crippen LogP contribution >= 0.6 is 0 Å². The Morgan fingerprint density at radius 1 is 1.42 bits per heavy atom. The lowest BCUT2D eigenvalue weighted by Crippen LogP contribution is -2.40. The summed E-state index contributed by atoms with van der Waals surface area (Å²) >= 11 is 0. The fourth-order valence-corrected chi connectivity index (χ4v) is 2.86. The lowest BCUT2D eigenvalue weighted by Gasteiger charge is -2.23. The molecule has 0 aliphatic carbocycles. The molecular formula is C17H24N6O. The van der Waals surface area contributed by atoms with Crippen LogP contribution in [-0.2, 0) is 19.4 Å². The molecule has 2 aromatic heterocycles. The normalized spacial score (nSPS) is 16.5. The van der Waals surface area contributed by atoms with Crippen molar-refractivity contribution < 1.29 is 4.79 Å². The minimum Gasteiger partial charge on any atom is -0.338 e. The minimum absolute atomic E-state index is 0.0624. The third-order valence-corrected chi connectivity index (χ3v) is 4.21. The number of carbonyl (C=O) groups excluding carboxylic acids is 1. The van der Waals surface area contributed by atoms with Gasteiger partial charge in [-0.2, -0.15) is 5.10 Å². The summed E-state index contributed by atoms with van der Waals surface area (Å²) in [6.45, 7) is 5.46. The van der Waals surface area contributed by atoms with Gasteiger partial charge in [-0.3, -0.25) is 4.98 Å². The quantitative estimate of drug-likeness (QED) is 0.878. The Hall–Kier alpha value is -2.44. The Labute approximate surface area is 141 Å². The average Bonchev–Trinajstić information content (AvgIpc) is 3.01. The van der Waals surface area contributed by atoms with E-state index in [2.05, 4.69) is 25.7 Å². The molecule has 2 aromatic rings. The maximum atomic E-state index is 12.1. The Balaban J connectivity index is 1.50. The second-order valence-corrected chi connectivity index (χ2v) is 6.12. The standard InChI is InChI=1S/C17H24N6O/c1-3-15-21-16-14(5-4-10-23(16)22-15)20-17(24)18-9-8-13-7-6-12(2)19-11-13/h6-7,11,14H,3-5,8-10H2,1-2H3,(H2,18,20,24)/t14-/m0/s1. The van der Waals surface area contributed by atoms with E-state index in [4.69, 9.17) is 0 Å². The summed E-state index contributed by atoms with van der Waals surface area (Å²) < 4.78 is 1.92. The summed E-state index contributed by atoms with van der Waals surface area (Å²) in [5, 5.41) is 10.4. The van der Waals surface area contributed by atoms with Gasteiger partial charge in [0.15, 0.2) is 5.82 Å². The van der Waals surface area contributed by atoms with Crippen molar-refractivity contribution in [2.75, 3.05) is 6.54 Å². The van der Waals surface area contributed by atoms with Crippen LogP contribution in [0.25, 0.3) is 0 Å². The van der Waals surface area contributed by atoms with Crippen LogP contribution in [0.3, 0.4) is 0 Å². The predicted molar refractivity (Wildman–Crippen MR) is 90.6 cm³/mol. The number of fused-ring (bicyclic) bond motifs is 1. The van der Waals surface area contributed by atoms with Crippen molar-refractivity contribution in [2.24, 2.45) is 0 Å². The molecule has 2 amide bonds. The van der Waals surface area contributed by atoms with Crippen molar-refractivity contribution in [3.63, 3.8) is 0 Å². The van der Waals surface area contributed by atoms with Gasteiger partial charge in [0, 0.05) is 31.4 Å². The van der Waals surface area contributed by atoms with Crippen LogP contribution in [-0.4, -0.2) is 32.3 Å². The molecule has 0 bridgehead atoms. The third kappa shape index (κ3) is 3.90. The molecule has 1 aliphatic heterocycles. The molecule has 0 saturated heterocycles. The summed E-state index contributed by atoms with van der Waals surface area (Å²) in [5.41, 5.74) is 2.11. The second kappa shape index (κ2) is 7.42. The van der Waals surface area contributed by atoms with Crippen molar-refractivity contribution in [1.82, 2.24) is 30.4 Å². The summed E-state index contributed by atoms with van der Waals surface area (Å²) in [6.07, 6.45) is 5.33. The first-order valence-electron chi connectivity index (χ1n) is 8.55. The van der Waals surface area contributed by atoms with E-state index in [-0.39, 0.29) is 12.1 Å². The van der Waals surface area contributed by atoms with Gasteiger partial charge in [0.2, 0.25) is 0 Å². The van der Waals surface area contributed by atoms with Gasteiger partial charge >= 0.3 is 6.03 Å². The number of aryl methyl sites for hydroxylation is 3. The van der Waals surface area contributed by atoms with E-state index in [1.165, 1.54) is 0 Å². The van der Waals surface area contributed by atoms with Crippen LogP contribution in [0, 0.1) is 6.92 Å². The van der Waals surface area contributed by atoms with E-state index in [0.29, 0.717) is 6.54 Å². The van der Waals surface area contributed by atoms with Gasteiger partial charge in [0.25, 0.3) is 0 Å². The van der Waals surface area contributed by atoms with Gasteiger partial charge in [-0.05, 0) is 37.8 Å². The Morgan fingerprint density at radius 2 is 2.29 bits per heavy atom. The van der Waals surface area contributed by atoms with Crippen LogP contribution < -0.4 is 10.6 Å². The van der Waals surface area contributed by atoms with Gasteiger partial charge < -0.3 is 10.6 Å². The largest absolute Gasteiger partial charge is 0.338 e. The number of rotatable bonds is 5. The molecule has 2 N–H and O–H groups in total. The fraction of sp³-hybridized carbons (Fsp3) is 0.529. The average molecular weight is 328 g/mol. The van der Waals surface area contributed by atoms with E-state index >= 15 is 0 Å². The molecule has 128 valence electrons. The topological polar surface area (TPSA) is 84.7 Å². The zero-order valence-electron chi connectivity index (χ0n) is 14.2. The Morgan fingerprint density at radius 3 is 3.04 bits per heavy atom. The van der Waals surface area contributed by atoms with Crippen LogP contribution in [0.2, 0.25) is 0 Å². The number of carbonyl (C=O) groups is 1. The van der Waals surface area contributed by atoms with Crippen LogP contribution in [0.5, 0.6) is 0 Å². The highest BCUT2D eigenvalue weighted by Gasteiger charge is 2.25. The van der Waals surface area contributed by atoms with E-state index in [1.807, 2.05) is 36.9 Å². The fourth-order valence-electron chi connectivity index (χ4n) is 2.86. The maximum absolute atomic E-state index is 12.1. The Bertz CT molecular complexity index is 694. The monoisotopic (exact) mass is 328 g/mol. The van der Waals surface area contributed by atoms with Crippen LogP contribution in [0.1, 0.15) is 48.7 Å². The van der Waals surface area contributed by atoms with E-state index in [9.17, 15) is 4.79 Å². The van der Waals surface area contributed by atoms with Gasteiger partial charge in [-0.15, -0.1) is 0 Å². The number of amides is 2. The zero-order chi connectivity index (χ0) is 16.9. The number of urea groups is 1. The van der Waals surface area contributed by atoms with Crippen molar-refractivity contribution in [3.05, 3.63) is 41.2 Å². The van der Waals surface area contributed by atoms with Gasteiger partial charge in [0.05, 0.1) is 6.04 Å². The predicted octanol–water partition coefficient (Wildman–Crippen LogP) is 1.92. The molecule has 1 atom stereocenters. The molecule has 0 unspecified atom stereocenters. The van der Waals surface area contributed by atoms with Crippen molar-refractivity contribution in [1.29, 1.82) is 0 Å². The summed E-state index contributed by atoms with van der Waals surface area (Å²) in [4.78, 5) is 20.9. The molecule has 0 spiro atoms. The molecule has 0 radical (unpaired) electrons. The molecule has 0 fully saturated rings. The molecule has 7 nitrogen and oxygen atoms in total. The zero-order valence-corrected chi connectivity index (χ0v) is 14.2. The summed E-state index contributed by atoms with van der Waals surface area (Å²) in [7, 11) is 0. The molecule has 0 aromatic carbocycles. The minimum atomic E-state index is -0.158. The van der Waals surface area contributed by atoms with Gasteiger partial charge in [-0.1, -0.05) is 13.0 Å². The van der Waals surface area contributed by atoms with Crippen LogP contribution in [0.15, 0.2) is 18.3 Å². The van der Waals surface area contributed by atoms with E-state index in [0.717, 1.165) is 55.1 Å². The number of nitrogens with zero attached hydrogens (tertiary/aromatic N) is 4. The molecule has 24 heavy (non-hydrogen) atoms. The van der Waals surface area contributed by atoms with Crippen molar-refractivity contribution in [2.45, 2.75) is 52.1 Å². The summed E-state index contributed by atoms with van der Waals surface area (Å²) in [5.74, 6) is 1.71. The van der Waals surface area contributed by atoms with E-state index < -0.39 is 0 Å². The first-order chi connectivity index (χ1) is 11.7.